The zero-order valence-corrected chi connectivity index (χ0v) is 13.8. The van der Waals surface area contributed by atoms with Crippen molar-refractivity contribution >= 4 is 11.6 Å². The molecule has 0 saturated carbocycles. The fourth-order valence-corrected chi connectivity index (χ4v) is 2.69. The molecule has 0 radical (unpaired) electrons. The fraction of sp³-hybridized carbons (Fsp3) is 0.278. The molecule has 1 N–H and O–H groups in total. The van der Waals surface area contributed by atoms with E-state index in [1.807, 2.05) is 30.3 Å². The van der Waals surface area contributed by atoms with Crippen LogP contribution in [-0.2, 0) is 17.9 Å². The van der Waals surface area contributed by atoms with Crippen molar-refractivity contribution in [2.24, 2.45) is 0 Å². The lowest BCUT2D eigenvalue weighted by Crippen LogP contribution is -2.34. The minimum absolute atomic E-state index is 0.104. The summed E-state index contributed by atoms with van der Waals surface area (Å²) in [5.74, 6) is -0.123. The zero-order chi connectivity index (χ0) is 17.6. The number of pyridine rings is 1. The number of nitrogens with zero attached hydrogens (tertiary/aromatic N) is 4. The molecule has 0 aliphatic rings. The third-order valence-corrected chi connectivity index (χ3v) is 3.96. The van der Waals surface area contributed by atoms with Gasteiger partial charge in [-0.3, -0.25) is 9.20 Å². The van der Waals surface area contributed by atoms with Gasteiger partial charge in [-0.05, 0) is 17.7 Å². The van der Waals surface area contributed by atoms with E-state index in [0.717, 1.165) is 5.56 Å². The minimum Gasteiger partial charge on any atom is -0.395 e. The Balaban J connectivity index is 1.68. The number of carbonyl (C=O) groups excluding carboxylic acids is 1. The highest BCUT2D eigenvalue weighted by atomic mass is 16.3. The Hall–Kier alpha value is -2.93. The number of hydrogen-bond donors (Lipinski definition) is 1. The average Bonchev–Trinajstić information content (AvgIpc) is 2.96. The van der Waals surface area contributed by atoms with Crippen LogP contribution in [0.3, 0.4) is 0 Å². The van der Waals surface area contributed by atoms with Crippen LogP contribution in [0.4, 0.5) is 0 Å². The van der Waals surface area contributed by atoms with Crippen molar-refractivity contribution in [2.45, 2.75) is 19.5 Å². The van der Waals surface area contributed by atoms with Gasteiger partial charge in [0.1, 0.15) is 0 Å². The van der Waals surface area contributed by atoms with E-state index >= 15 is 0 Å². The van der Waals surface area contributed by atoms with Crippen LogP contribution < -0.4 is 5.69 Å². The van der Waals surface area contributed by atoms with E-state index in [1.165, 1.54) is 9.08 Å². The van der Waals surface area contributed by atoms with Crippen molar-refractivity contribution in [3.63, 3.8) is 0 Å². The molecule has 1 aromatic carbocycles. The molecule has 0 unspecified atom stereocenters. The van der Waals surface area contributed by atoms with Crippen LogP contribution in [0.25, 0.3) is 5.65 Å². The Morgan fingerprint density at radius 3 is 2.60 bits per heavy atom. The summed E-state index contributed by atoms with van der Waals surface area (Å²) in [6, 6.07) is 14.9. The number of hydrogen-bond acceptors (Lipinski definition) is 4. The molecule has 2 heterocycles. The normalized spacial score (nSPS) is 10.9. The zero-order valence-electron chi connectivity index (χ0n) is 13.8. The highest BCUT2D eigenvalue weighted by Crippen LogP contribution is 2.06. The maximum Gasteiger partial charge on any atom is 0.350 e. The predicted molar refractivity (Wildman–Crippen MR) is 93.0 cm³/mol. The SMILES string of the molecule is O=C(CCn1nc2ccccn2c1=O)N(CCO)Cc1ccccc1. The second-order valence-electron chi connectivity index (χ2n) is 5.71. The van der Waals surface area contributed by atoms with Gasteiger partial charge >= 0.3 is 5.69 Å². The molecule has 1 amide bonds. The summed E-state index contributed by atoms with van der Waals surface area (Å²) in [6.45, 7) is 0.789. The van der Waals surface area contributed by atoms with E-state index in [-0.39, 0.29) is 37.7 Å². The second-order valence-corrected chi connectivity index (χ2v) is 5.71. The number of rotatable bonds is 7. The van der Waals surface area contributed by atoms with Gasteiger partial charge in [0.15, 0.2) is 5.65 Å². The number of aliphatic hydroxyl groups is 1. The summed E-state index contributed by atoms with van der Waals surface area (Å²) < 4.78 is 2.74. The standard InChI is InChI=1S/C18H20N4O3/c23-13-12-20(14-15-6-2-1-3-7-15)17(24)9-11-22-18(25)21-10-5-4-8-16(21)19-22/h1-8,10,23H,9,11-14H2. The van der Waals surface area contributed by atoms with Crippen LogP contribution in [0.2, 0.25) is 0 Å². The minimum atomic E-state index is -0.264. The van der Waals surface area contributed by atoms with E-state index in [1.54, 1.807) is 29.3 Å². The maximum absolute atomic E-state index is 12.5. The van der Waals surface area contributed by atoms with E-state index in [2.05, 4.69) is 5.10 Å². The molecule has 0 saturated heterocycles. The van der Waals surface area contributed by atoms with Gasteiger partial charge in [-0.15, -0.1) is 5.10 Å². The van der Waals surface area contributed by atoms with Gasteiger partial charge in [-0.2, -0.15) is 0 Å². The van der Waals surface area contributed by atoms with E-state index in [4.69, 9.17) is 0 Å². The summed E-state index contributed by atoms with van der Waals surface area (Å²) in [4.78, 5) is 26.3. The van der Waals surface area contributed by atoms with E-state index in [9.17, 15) is 14.7 Å². The largest absolute Gasteiger partial charge is 0.395 e. The number of carbonyl (C=O) groups is 1. The highest BCUT2D eigenvalue weighted by Gasteiger charge is 2.15. The Morgan fingerprint density at radius 2 is 1.88 bits per heavy atom. The molecule has 0 atom stereocenters. The molecule has 0 fully saturated rings. The third-order valence-electron chi connectivity index (χ3n) is 3.96. The Labute approximate surface area is 144 Å². The van der Waals surface area contributed by atoms with Gasteiger partial charge in [-0.25, -0.2) is 9.48 Å². The number of amides is 1. The third kappa shape index (κ3) is 3.95. The maximum atomic E-state index is 12.5. The molecular formula is C18H20N4O3. The lowest BCUT2D eigenvalue weighted by atomic mass is 10.2. The van der Waals surface area contributed by atoms with Gasteiger partial charge in [-0.1, -0.05) is 36.4 Å². The van der Waals surface area contributed by atoms with Crippen LogP contribution in [0.1, 0.15) is 12.0 Å². The number of benzene rings is 1. The van der Waals surface area contributed by atoms with Crippen LogP contribution in [-0.4, -0.2) is 43.2 Å². The molecule has 0 spiro atoms. The molecule has 7 heteroatoms. The Bertz CT molecular complexity index is 901. The van der Waals surface area contributed by atoms with Crippen LogP contribution in [0.5, 0.6) is 0 Å². The van der Waals surface area contributed by atoms with Gasteiger partial charge in [0.05, 0.1) is 13.2 Å². The summed E-state index contributed by atoms with van der Waals surface area (Å²) in [5, 5.41) is 13.4. The summed E-state index contributed by atoms with van der Waals surface area (Å²) >= 11 is 0. The molecular weight excluding hydrogens is 320 g/mol. The Kier molecular flexibility index (Phi) is 5.25. The first-order valence-corrected chi connectivity index (χ1v) is 8.16. The number of fused-ring (bicyclic) bond motifs is 1. The molecule has 2 aromatic heterocycles. The first-order valence-electron chi connectivity index (χ1n) is 8.16. The number of aryl methyl sites for hydroxylation is 1. The monoisotopic (exact) mass is 340 g/mol. The molecule has 0 aliphatic heterocycles. The first-order chi connectivity index (χ1) is 12.2. The van der Waals surface area contributed by atoms with Gasteiger partial charge < -0.3 is 10.0 Å². The van der Waals surface area contributed by atoms with Crippen molar-refractivity contribution in [1.29, 1.82) is 0 Å². The number of aromatic nitrogens is 3. The highest BCUT2D eigenvalue weighted by molar-refractivity contribution is 5.76. The van der Waals surface area contributed by atoms with Crippen molar-refractivity contribution < 1.29 is 9.90 Å². The molecule has 0 aliphatic carbocycles. The first kappa shape index (κ1) is 16.9. The summed E-state index contributed by atoms with van der Waals surface area (Å²) in [6.07, 6.45) is 1.80. The molecule has 3 rings (SSSR count). The second kappa shape index (κ2) is 7.76. The Morgan fingerprint density at radius 1 is 1.12 bits per heavy atom. The topological polar surface area (TPSA) is 79.8 Å². The van der Waals surface area contributed by atoms with Crippen LogP contribution in [0.15, 0.2) is 59.5 Å². The molecule has 0 bridgehead atoms. The summed E-state index contributed by atoms with van der Waals surface area (Å²) in [7, 11) is 0. The van der Waals surface area contributed by atoms with Gasteiger partial charge in [0.25, 0.3) is 0 Å². The smallest absolute Gasteiger partial charge is 0.350 e. The quantitative estimate of drug-likeness (QED) is 0.693. The van der Waals surface area contributed by atoms with Crippen molar-refractivity contribution in [2.75, 3.05) is 13.2 Å². The van der Waals surface area contributed by atoms with Crippen molar-refractivity contribution in [3.05, 3.63) is 70.8 Å². The molecule has 25 heavy (non-hydrogen) atoms. The fourth-order valence-electron chi connectivity index (χ4n) is 2.69. The lowest BCUT2D eigenvalue weighted by Gasteiger charge is -2.21. The van der Waals surface area contributed by atoms with E-state index in [0.29, 0.717) is 12.2 Å². The van der Waals surface area contributed by atoms with Gasteiger partial charge in [0.2, 0.25) is 5.91 Å². The van der Waals surface area contributed by atoms with Crippen molar-refractivity contribution in [3.8, 4) is 0 Å². The van der Waals surface area contributed by atoms with Gasteiger partial charge in [0, 0.05) is 25.7 Å². The predicted octanol–water partition coefficient (Wildman–Crippen LogP) is 0.907. The number of aliphatic hydroxyl groups excluding tert-OH is 1. The van der Waals surface area contributed by atoms with Crippen LogP contribution >= 0.6 is 0 Å². The summed E-state index contributed by atoms with van der Waals surface area (Å²) in [5.41, 5.74) is 1.28. The van der Waals surface area contributed by atoms with Crippen LogP contribution in [0, 0.1) is 0 Å². The molecule has 130 valence electrons. The van der Waals surface area contributed by atoms with E-state index < -0.39 is 0 Å². The lowest BCUT2D eigenvalue weighted by molar-refractivity contribution is -0.132. The van der Waals surface area contributed by atoms with Crippen molar-refractivity contribution in [1.82, 2.24) is 19.1 Å². The molecule has 3 aromatic rings. The average molecular weight is 340 g/mol. The molecule has 7 nitrogen and oxygen atoms in total.